The van der Waals surface area contributed by atoms with Crippen LogP contribution in [0.4, 0.5) is 18.3 Å². The van der Waals surface area contributed by atoms with E-state index in [4.69, 9.17) is 0 Å². The Kier molecular flexibility index (Phi) is 3.84. The average Bonchev–Trinajstić information content (AvgIpc) is 2.75. The van der Waals surface area contributed by atoms with Crippen molar-refractivity contribution >= 4 is 22.7 Å². The summed E-state index contributed by atoms with van der Waals surface area (Å²) in [6.45, 7) is 1.86. The van der Waals surface area contributed by atoms with Crippen LogP contribution in [0.5, 0.6) is 0 Å². The predicted octanol–water partition coefficient (Wildman–Crippen LogP) is 3.92. The Balaban J connectivity index is 1.99. The van der Waals surface area contributed by atoms with Gasteiger partial charge in [0.2, 0.25) is 5.13 Å². The Morgan fingerprint density at radius 2 is 1.95 bits per heavy atom. The molecule has 2 rings (SSSR count). The van der Waals surface area contributed by atoms with Crippen molar-refractivity contribution in [3.05, 3.63) is 46.5 Å². The quantitative estimate of drug-likeness (QED) is 0.685. The van der Waals surface area contributed by atoms with Crippen LogP contribution >= 0.6 is 11.3 Å². The maximum Gasteiger partial charge on any atom is 0.416 e. The number of thiazole rings is 1. The zero-order valence-electron chi connectivity index (χ0n) is 9.90. The molecule has 0 bridgehead atoms. The largest absolute Gasteiger partial charge is 0.416 e. The normalized spacial score (nSPS) is 12.0. The number of halogens is 3. The van der Waals surface area contributed by atoms with E-state index in [1.165, 1.54) is 29.7 Å². The lowest BCUT2D eigenvalue weighted by Gasteiger charge is -2.05. The van der Waals surface area contributed by atoms with E-state index in [9.17, 15) is 13.2 Å². The Hall–Kier alpha value is -1.89. The molecule has 0 saturated carbocycles. The average molecular weight is 285 g/mol. The number of hydrogen-bond acceptors (Lipinski definition) is 4. The number of nitrogens with one attached hydrogen (secondary N) is 1. The number of alkyl halides is 3. The van der Waals surface area contributed by atoms with Gasteiger partial charge in [-0.25, -0.2) is 4.98 Å². The van der Waals surface area contributed by atoms with Crippen LogP contribution in [0.15, 0.2) is 34.7 Å². The Morgan fingerprint density at radius 3 is 2.47 bits per heavy atom. The molecule has 0 amide bonds. The van der Waals surface area contributed by atoms with Crippen molar-refractivity contribution < 1.29 is 13.2 Å². The van der Waals surface area contributed by atoms with Crippen molar-refractivity contribution in [3.63, 3.8) is 0 Å². The molecule has 2 aromatic rings. The summed E-state index contributed by atoms with van der Waals surface area (Å²) in [5.74, 6) is 0. The van der Waals surface area contributed by atoms with Crippen LogP contribution in [0, 0.1) is 6.92 Å². The summed E-state index contributed by atoms with van der Waals surface area (Å²) >= 11 is 1.41. The highest BCUT2D eigenvalue weighted by atomic mass is 32.1. The molecule has 0 saturated heterocycles. The molecule has 0 radical (unpaired) electrons. The van der Waals surface area contributed by atoms with Gasteiger partial charge in [0.1, 0.15) is 0 Å². The van der Waals surface area contributed by atoms with Crippen molar-refractivity contribution in [2.75, 3.05) is 5.43 Å². The van der Waals surface area contributed by atoms with Crippen molar-refractivity contribution in [1.82, 2.24) is 4.98 Å². The van der Waals surface area contributed by atoms with Gasteiger partial charge in [0, 0.05) is 5.38 Å². The summed E-state index contributed by atoms with van der Waals surface area (Å²) in [6.07, 6.45) is -2.87. The third kappa shape index (κ3) is 3.78. The molecule has 100 valence electrons. The summed E-state index contributed by atoms with van der Waals surface area (Å²) in [5, 5.41) is 6.42. The van der Waals surface area contributed by atoms with E-state index in [1.54, 1.807) is 0 Å². The highest BCUT2D eigenvalue weighted by molar-refractivity contribution is 7.13. The number of nitrogens with zero attached hydrogens (tertiary/aromatic N) is 2. The van der Waals surface area contributed by atoms with Crippen LogP contribution < -0.4 is 5.43 Å². The molecule has 0 aliphatic rings. The van der Waals surface area contributed by atoms with Crippen LogP contribution in [0.3, 0.4) is 0 Å². The molecule has 0 fully saturated rings. The lowest BCUT2D eigenvalue weighted by atomic mass is 10.1. The summed E-state index contributed by atoms with van der Waals surface area (Å²) < 4.78 is 37.0. The van der Waals surface area contributed by atoms with Crippen molar-refractivity contribution in [2.45, 2.75) is 13.1 Å². The molecule has 3 nitrogen and oxygen atoms in total. The SMILES string of the molecule is Cc1csc(NN=Cc2ccc(C(F)(F)F)cc2)n1. The molecule has 7 heteroatoms. The second-order valence-electron chi connectivity index (χ2n) is 3.78. The third-order valence-corrected chi connectivity index (χ3v) is 3.10. The zero-order chi connectivity index (χ0) is 13.9. The van der Waals surface area contributed by atoms with Crippen LogP contribution in [0.1, 0.15) is 16.8 Å². The van der Waals surface area contributed by atoms with Crippen LogP contribution in [-0.2, 0) is 6.18 Å². The van der Waals surface area contributed by atoms with E-state index >= 15 is 0 Å². The van der Waals surface area contributed by atoms with Crippen molar-refractivity contribution in [2.24, 2.45) is 5.10 Å². The molecule has 0 spiro atoms. The maximum absolute atomic E-state index is 12.3. The molecule has 1 N–H and O–H groups in total. The first-order valence-corrected chi connectivity index (χ1v) is 6.21. The fourth-order valence-electron chi connectivity index (χ4n) is 1.33. The molecular formula is C12H10F3N3S. The first-order valence-electron chi connectivity index (χ1n) is 5.33. The van der Waals surface area contributed by atoms with Crippen LogP contribution in [0.25, 0.3) is 0 Å². The molecule has 0 atom stereocenters. The second-order valence-corrected chi connectivity index (χ2v) is 4.64. The minimum atomic E-state index is -4.31. The van der Waals surface area contributed by atoms with Gasteiger partial charge in [0.25, 0.3) is 0 Å². The minimum absolute atomic E-state index is 0.578. The van der Waals surface area contributed by atoms with E-state index in [0.29, 0.717) is 10.7 Å². The fourth-order valence-corrected chi connectivity index (χ4v) is 1.96. The molecule has 1 aromatic heterocycles. The monoisotopic (exact) mass is 285 g/mol. The lowest BCUT2D eigenvalue weighted by Crippen LogP contribution is -2.04. The predicted molar refractivity (Wildman–Crippen MR) is 69.5 cm³/mol. The number of aromatic nitrogens is 1. The van der Waals surface area contributed by atoms with E-state index < -0.39 is 11.7 Å². The molecular weight excluding hydrogens is 275 g/mol. The first-order chi connectivity index (χ1) is 8.95. The zero-order valence-corrected chi connectivity index (χ0v) is 10.7. The number of aryl methyl sites for hydroxylation is 1. The Labute approximate surface area is 111 Å². The topological polar surface area (TPSA) is 37.3 Å². The highest BCUT2D eigenvalue weighted by Gasteiger charge is 2.29. The second kappa shape index (κ2) is 5.40. The Bertz CT molecular complexity index is 573. The molecule has 0 aliphatic carbocycles. The fraction of sp³-hybridized carbons (Fsp3) is 0.167. The number of hydrogen-bond donors (Lipinski definition) is 1. The van der Waals surface area contributed by atoms with E-state index in [0.717, 1.165) is 17.8 Å². The minimum Gasteiger partial charge on any atom is -0.253 e. The van der Waals surface area contributed by atoms with Gasteiger partial charge >= 0.3 is 6.18 Å². The molecule has 0 unspecified atom stereocenters. The summed E-state index contributed by atoms with van der Waals surface area (Å²) in [5.41, 5.74) is 3.50. The van der Waals surface area contributed by atoms with Gasteiger partial charge in [-0.05, 0) is 24.6 Å². The van der Waals surface area contributed by atoms with Gasteiger partial charge in [-0.15, -0.1) is 11.3 Å². The molecule has 1 heterocycles. The summed E-state index contributed by atoms with van der Waals surface area (Å²) in [6, 6.07) is 4.77. The third-order valence-electron chi connectivity index (χ3n) is 2.23. The number of rotatable bonds is 3. The van der Waals surface area contributed by atoms with Gasteiger partial charge in [0.05, 0.1) is 17.5 Å². The van der Waals surface area contributed by atoms with E-state index in [1.807, 2.05) is 12.3 Å². The van der Waals surface area contributed by atoms with E-state index in [2.05, 4.69) is 15.5 Å². The highest BCUT2D eigenvalue weighted by Crippen LogP contribution is 2.28. The molecule has 1 aromatic carbocycles. The Morgan fingerprint density at radius 1 is 1.26 bits per heavy atom. The summed E-state index contributed by atoms with van der Waals surface area (Å²) in [4.78, 5) is 4.13. The van der Waals surface area contributed by atoms with Gasteiger partial charge < -0.3 is 0 Å². The van der Waals surface area contributed by atoms with Crippen LogP contribution in [-0.4, -0.2) is 11.2 Å². The number of benzene rings is 1. The van der Waals surface area contributed by atoms with Crippen LogP contribution in [0.2, 0.25) is 0 Å². The molecule has 0 aliphatic heterocycles. The van der Waals surface area contributed by atoms with Gasteiger partial charge in [-0.2, -0.15) is 18.3 Å². The smallest absolute Gasteiger partial charge is 0.253 e. The van der Waals surface area contributed by atoms with Gasteiger partial charge in [-0.3, -0.25) is 5.43 Å². The van der Waals surface area contributed by atoms with Gasteiger partial charge in [-0.1, -0.05) is 12.1 Å². The maximum atomic E-state index is 12.3. The first kappa shape index (κ1) is 13.5. The number of hydrazone groups is 1. The van der Waals surface area contributed by atoms with Crippen molar-refractivity contribution in [1.29, 1.82) is 0 Å². The molecule has 19 heavy (non-hydrogen) atoms. The standard InChI is InChI=1S/C12H10F3N3S/c1-8-7-19-11(17-8)18-16-6-9-2-4-10(5-3-9)12(13,14)15/h2-7H,1H3,(H,17,18). The van der Waals surface area contributed by atoms with Crippen molar-refractivity contribution in [3.8, 4) is 0 Å². The van der Waals surface area contributed by atoms with Gasteiger partial charge in [0.15, 0.2) is 0 Å². The lowest BCUT2D eigenvalue weighted by molar-refractivity contribution is -0.137. The number of anilines is 1. The summed E-state index contributed by atoms with van der Waals surface area (Å²) in [7, 11) is 0. The van der Waals surface area contributed by atoms with E-state index in [-0.39, 0.29) is 0 Å².